The summed E-state index contributed by atoms with van der Waals surface area (Å²) in [5.41, 5.74) is 5.58. The summed E-state index contributed by atoms with van der Waals surface area (Å²) in [5, 5.41) is 4.37. The van der Waals surface area contributed by atoms with Gasteiger partial charge in [-0.1, -0.05) is 50.0 Å². The maximum Gasteiger partial charge on any atom is 0.135 e. The van der Waals surface area contributed by atoms with E-state index in [1.807, 2.05) is 12.1 Å². The Balaban J connectivity index is 1.98. The molecule has 1 aromatic heterocycles. The van der Waals surface area contributed by atoms with Gasteiger partial charge in [0.25, 0.3) is 0 Å². The van der Waals surface area contributed by atoms with Gasteiger partial charge in [-0.05, 0) is 51.1 Å². The molecule has 2 nitrogen and oxygen atoms in total. The van der Waals surface area contributed by atoms with Gasteiger partial charge in [-0.3, -0.25) is 0 Å². The van der Waals surface area contributed by atoms with Gasteiger partial charge < -0.3 is 5.32 Å². The van der Waals surface area contributed by atoms with Crippen LogP contribution in [0.2, 0.25) is 5.02 Å². The average Bonchev–Trinajstić information content (AvgIpc) is 2.95. The van der Waals surface area contributed by atoms with Crippen LogP contribution in [0.25, 0.3) is 11.1 Å². The zero-order valence-electron chi connectivity index (χ0n) is 13.7. The van der Waals surface area contributed by atoms with Gasteiger partial charge >= 0.3 is 0 Å². The highest BCUT2D eigenvalue weighted by molar-refractivity contribution is 7.68. The predicted octanol–water partition coefficient (Wildman–Crippen LogP) is 6.33. The normalized spacial score (nSPS) is 15.6. The maximum absolute atomic E-state index is 6.26. The lowest BCUT2D eigenvalue weighted by atomic mass is 9.90. The molecule has 0 unspecified atom stereocenters. The first kappa shape index (κ1) is 15.9. The Kier molecular flexibility index (Phi) is 3.79. The molecule has 0 bridgehead atoms. The number of nitrogens with one attached hydrogen (secondary N) is 1. The summed E-state index contributed by atoms with van der Waals surface area (Å²) in [6.07, 6.45) is 0. The van der Waals surface area contributed by atoms with E-state index in [9.17, 15) is 0 Å². The van der Waals surface area contributed by atoms with Crippen molar-refractivity contribution >= 4 is 43.7 Å². The molecule has 0 spiro atoms. The van der Waals surface area contributed by atoms with Crippen molar-refractivity contribution in [3.8, 4) is 11.1 Å². The molecule has 0 radical (unpaired) electrons. The van der Waals surface area contributed by atoms with Crippen LogP contribution in [0.1, 0.15) is 24.3 Å². The molecule has 0 saturated heterocycles. The zero-order chi connectivity index (χ0) is 16.9. The third-order valence-electron chi connectivity index (χ3n) is 4.18. The molecule has 0 saturated carbocycles. The van der Waals surface area contributed by atoms with E-state index in [0.29, 0.717) is 0 Å². The molecule has 2 aromatic carbocycles. The Hall–Kier alpha value is -1.62. The van der Waals surface area contributed by atoms with E-state index < -0.39 is 0 Å². The van der Waals surface area contributed by atoms with Crippen molar-refractivity contribution < 1.29 is 0 Å². The molecule has 2 heterocycles. The molecule has 3 aromatic rings. The molecule has 1 N–H and O–H groups in total. The predicted molar refractivity (Wildman–Crippen MR) is 106 cm³/mol. The van der Waals surface area contributed by atoms with Gasteiger partial charge in [0.1, 0.15) is 4.67 Å². The molecular weight excluding hydrogens is 356 g/mol. The Bertz CT molecular complexity index is 981. The molecule has 0 fully saturated rings. The first-order valence-corrected chi connectivity index (χ1v) is 10.3. The number of anilines is 1. The minimum absolute atomic E-state index is 0.113. The van der Waals surface area contributed by atoms with Gasteiger partial charge in [0, 0.05) is 21.8 Å². The summed E-state index contributed by atoms with van der Waals surface area (Å²) in [6, 6.07) is 14.3. The van der Waals surface area contributed by atoms with Crippen LogP contribution in [-0.2, 0) is 5.54 Å². The van der Waals surface area contributed by atoms with Crippen LogP contribution in [-0.4, -0.2) is 0 Å². The number of hydrogen-bond donors (Lipinski definition) is 1. The number of rotatable bonds is 1. The van der Waals surface area contributed by atoms with Gasteiger partial charge in [0.2, 0.25) is 0 Å². The van der Waals surface area contributed by atoms with Gasteiger partial charge in [0.15, 0.2) is 0 Å². The molecule has 4 rings (SSSR count). The van der Waals surface area contributed by atoms with Crippen molar-refractivity contribution in [2.24, 2.45) is 4.99 Å². The zero-order valence-corrected chi connectivity index (χ0v) is 16.1. The molecule has 5 heteroatoms. The van der Waals surface area contributed by atoms with Crippen LogP contribution in [0.3, 0.4) is 0 Å². The lowest BCUT2D eigenvalue weighted by Crippen LogP contribution is -2.31. The topological polar surface area (TPSA) is 24.4 Å². The van der Waals surface area contributed by atoms with Crippen LogP contribution >= 0.6 is 32.3 Å². The highest BCUT2D eigenvalue weighted by atomic mass is 35.5. The van der Waals surface area contributed by atoms with Crippen LogP contribution in [0, 0.1) is 6.92 Å². The molecule has 0 amide bonds. The highest BCUT2D eigenvalue weighted by Gasteiger charge is 2.33. The summed E-state index contributed by atoms with van der Waals surface area (Å²) in [7, 11) is 3.52. The van der Waals surface area contributed by atoms with E-state index in [1.54, 1.807) is 20.7 Å². The summed E-state index contributed by atoms with van der Waals surface area (Å²) in [6.45, 7) is 6.51. The van der Waals surface area contributed by atoms with Crippen molar-refractivity contribution in [2.45, 2.75) is 26.3 Å². The van der Waals surface area contributed by atoms with Crippen molar-refractivity contribution in [1.82, 2.24) is 0 Å². The third kappa shape index (κ3) is 2.69. The largest absolute Gasteiger partial charge is 0.375 e. The first-order valence-electron chi connectivity index (χ1n) is 7.77. The van der Waals surface area contributed by atoms with E-state index in [2.05, 4.69) is 56.4 Å². The number of halogens is 1. The summed E-state index contributed by atoms with van der Waals surface area (Å²) in [5.74, 6) is 0. The van der Waals surface area contributed by atoms with E-state index in [1.165, 1.54) is 16.0 Å². The second kappa shape index (κ2) is 5.73. The molecule has 1 aliphatic heterocycles. The minimum Gasteiger partial charge on any atom is -0.375 e. The molecule has 0 atom stereocenters. The Morgan fingerprint density at radius 3 is 2.54 bits per heavy atom. The lowest BCUT2D eigenvalue weighted by molar-refractivity contribution is 0.619. The van der Waals surface area contributed by atoms with Gasteiger partial charge in [-0.15, -0.1) is 0 Å². The molecular formula is C19H17ClN2S2. The van der Waals surface area contributed by atoms with Crippen LogP contribution in [0.5, 0.6) is 0 Å². The van der Waals surface area contributed by atoms with Crippen molar-refractivity contribution in [3.63, 3.8) is 0 Å². The van der Waals surface area contributed by atoms with Crippen molar-refractivity contribution in [2.75, 3.05) is 5.32 Å². The maximum atomic E-state index is 6.26. The SMILES string of the molecule is Cc1ccc(N=c2ssc3c2-c2cc(Cl)ccc2NC3(C)C)cc1. The monoisotopic (exact) mass is 372 g/mol. The third-order valence-corrected chi connectivity index (χ3v) is 7.05. The fraction of sp³-hybridized carbons (Fsp3) is 0.211. The standard InChI is InChI=1S/C19H17ClN2S2/c1-11-4-7-13(8-5-11)21-18-16-14-10-12(20)6-9-15(14)22-19(2,3)17(16)23-24-18/h4-10,22H,1-3H3. The molecule has 122 valence electrons. The smallest absolute Gasteiger partial charge is 0.135 e. The number of hydrogen-bond acceptors (Lipinski definition) is 4. The summed E-state index contributed by atoms with van der Waals surface area (Å²) in [4.78, 5) is 6.22. The fourth-order valence-corrected chi connectivity index (χ4v) is 6.06. The van der Waals surface area contributed by atoms with Gasteiger partial charge in [-0.2, -0.15) is 0 Å². The Labute approximate surface area is 153 Å². The number of benzene rings is 2. The van der Waals surface area contributed by atoms with E-state index >= 15 is 0 Å². The van der Waals surface area contributed by atoms with E-state index in [4.69, 9.17) is 16.6 Å². The van der Waals surface area contributed by atoms with Crippen LogP contribution in [0.4, 0.5) is 11.4 Å². The lowest BCUT2D eigenvalue weighted by Gasteiger charge is -2.33. The van der Waals surface area contributed by atoms with E-state index in [-0.39, 0.29) is 5.54 Å². The van der Waals surface area contributed by atoms with Gasteiger partial charge in [0.05, 0.1) is 16.1 Å². The molecule has 0 aliphatic carbocycles. The second-order valence-corrected chi connectivity index (χ2v) is 9.13. The molecule has 24 heavy (non-hydrogen) atoms. The number of aryl methyl sites for hydroxylation is 1. The first-order chi connectivity index (χ1) is 11.4. The molecule has 1 aliphatic rings. The van der Waals surface area contributed by atoms with Crippen molar-refractivity contribution in [1.29, 1.82) is 0 Å². The van der Waals surface area contributed by atoms with E-state index in [0.717, 1.165) is 26.6 Å². The second-order valence-electron chi connectivity index (χ2n) is 6.56. The average molecular weight is 373 g/mol. The van der Waals surface area contributed by atoms with Crippen LogP contribution in [0.15, 0.2) is 47.5 Å². The van der Waals surface area contributed by atoms with Crippen LogP contribution < -0.4 is 9.99 Å². The minimum atomic E-state index is -0.113. The quantitative estimate of drug-likeness (QED) is 0.496. The number of fused-ring (bicyclic) bond motifs is 3. The van der Waals surface area contributed by atoms with Crippen molar-refractivity contribution in [3.05, 3.63) is 62.6 Å². The highest BCUT2D eigenvalue weighted by Crippen LogP contribution is 2.46. The van der Waals surface area contributed by atoms with Gasteiger partial charge in [-0.25, -0.2) is 4.99 Å². The fourth-order valence-electron chi connectivity index (χ4n) is 2.95. The number of nitrogens with zero attached hydrogens (tertiary/aromatic N) is 1. The summed E-state index contributed by atoms with van der Waals surface area (Å²) >= 11 is 6.26. The Morgan fingerprint density at radius 2 is 1.79 bits per heavy atom. The Morgan fingerprint density at radius 1 is 1.04 bits per heavy atom. The summed E-state index contributed by atoms with van der Waals surface area (Å²) < 4.78 is 1.05.